The van der Waals surface area contributed by atoms with Gasteiger partial charge in [-0.2, -0.15) is 0 Å². The number of ether oxygens (including phenoxy) is 2. The van der Waals surface area contributed by atoms with Gasteiger partial charge in [0.15, 0.2) is 23.2 Å². The van der Waals surface area contributed by atoms with Crippen molar-refractivity contribution in [3.63, 3.8) is 0 Å². The molecule has 0 saturated heterocycles. The number of rotatable bonds is 9. The van der Waals surface area contributed by atoms with Gasteiger partial charge in [0, 0.05) is 11.6 Å². The summed E-state index contributed by atoms with van der Waals surface area (Å²) >= 11 is 0. The summed E-state index contributed by atoms with van der Waals surface area (Å²) < 4.78 is 55.2. The second-order valence-corrected chi connectivity index (χ2v) is 9.29. The summed E-state index contributed by atoms with van der Waals surface area (Å²) in [5, 5.41) is 0. The Labute approximate surface area is 205 Å². The van der Waals surface area contributed by atoms with Crippen molar-refractivity contribution in [2.75, 3.05) is 6.61 Å². The van der Waals surface area contributed by atoms with Crippen LogP contribution < -0.4 is 9.47 Å². The van der Waals surface area contributed by atoms with Gasteiger partial charge in [-0.3, -0.25) is 0 Å². The highest BCUT2D eigenvalue weighted by Crippen LogP contribution is 2.38. The molecule has 0 aliphatic heterocycles. The zero-order chi connectivity index (χ0) is 24.8. The second-order valence-electron chi connectivity index (χ2n) is 9.29. The number of benzene rings is 3. The Balaban J connectivity index is 1.40. The Kier molecular flexibility index (Phi) is 8.17. The van der Waals surface area contributed by atoms with Crippen molar-refractivity contribution < 1.29 is 22.6 Å². The fourth-order valence-corrected chi connectivity index (χ4v) is 4.56. The van der Waals surface area contributed by atoms with Crippen molar-refractivity contribution in [1.82, 2.24) is 0 Å². The molecule has 0 heterocycles. The Morgan fingerprint density at radius 1 is 0.886 bits per heavy atom. The highest BCUT2D eigenvalue weighted by atomic mass is 19.2. The molecule has 3 aromatic carbocycles. The maximum absolute atomic E-state index is 15.0. The van der Waals surface area contributed by atoms with Gasteiger partial charge in [-0.05, 0) is 59.9 Å². The van der Waals surface area contributed by atoms with E-state index in [1.54, 1.807) is 48.5 Å². The minimum Gasteiger partial charge on any atom is -0.493 e. The smallest absolute Gasteiger partial charge is 0.168 e. The van der Waals surface area contributed by atoms with Crippen LogP contribution in [0.15, 0.2) is 67.3 Å². The average Bonchev–Trinajstić information content (AvgIpc) is 2.86. The Morgan fingerprint density at radius 2 is 1.63 bits per heavy atom. The molecule has 35 heavy (non-hydrogen) atoms. The van der Waals surface area contributed by atoms with Crippen LogP contribution in [-0.2, 0) is 6.61 Å². The molecule has 5 heteroatoms. The van der Waals surface area contributed by atoms with E-state index in [2.05, 4.69) is 13.5 Å². The molecule has 1 aliphatic rings. The van der Waals surface area contributed by atoms with E-state index in [0.29, 0.717) is 35.8 Å². The summed E-state index contributed by atoms with van der Waals surface area (Å²) in [4.78, 5) is 0. The van der Waals surface area contributed by atoms with Gasteiger partial charge in [0.2, 0.25) is 0 Å². The molecule has 2 nitrogen and oxygen atoms in total. The summed E-state index contributed by atoms with van der Waals surface area (Å²) in [6.45, 7) is 6.40. The largest absolute Gasteiger partial charge is 0.493 e. The van der Waals surface area contributed by atoms with Gasteiger partial charge < -0.3 is 9.47 Å². The normalized spacial score (nSPS) is 17.7. The van der Waals surface area contributed by atoms with Crippen LogP contribution in [0.4, 0.5) is 13.2 Å². The van der Waals surface area contributed by atoms with Crippen molar-refractivity contribution in [1.29, 1.82) is 0 Å². The van der Waals surface area contributed by atoms with E-state index in [0.717, 1.165) is 31.2 Å². The fourth-order valence-electron chi connectivity index (χ4n) is 4.56. The summed E-state index contributed by atoms with van der Waals surface area (Å²) in [6, 6.07) is 14.9. The zero-order valence-corrected chi connectivity index (χ0v) is 20.0. The van der Waals surface area contributed by atoms with Crippen LogP contribution in [0.3, 0.4) is 0 Å². The molecule has 0 amide bonds. The lowest BCUT2D eigenvalue weighted by molar-refractivity contribution is 0.286. The summed E-state index contributed by atoms with van der Waals surface area (Å²) in [5.41, 5.74) is 2.10. The van der Waals surface area contributed by atoms with Gasteiger partial charge in [0.05, 0.1) is 6.61 Å². The van der Waals surface area contributed by atoms with Crippen LogP contribution in [-0.4, -0.2) is 6.61 Å². The Morgan fingerprint density at radius 3 is 2.31 bits per heavy atom. The number of hydrogen-bond donors (Lipinski definition) is 0. The Hall–Kier alpha value is -3.21. The lowest BCUT2D eigenvalue weighted by Gasteiger charge is -2.27. The predicted octanol–water partition coefficient (Wildman–Crippen LogP) is 8.60. The van der Waals surface area contributed by atoms with E-state index in [9.17, 15) is 13.2 Å². The molecule has 0 bridgehead atoms. The summed E-state index contributed by atoms with van der Waals surface area (Å²) in [7, 11) is 0. The molecular formula is C30H31F3O2. The molecule has 1 saturated carbocycles. The molecule has 1 aliphatic carbocycles. The standard InChI is InChI=1S/C30H31F3O2/c1-3-4-17-34-24-13-16-28(27(31)18-24)35-19-21-7-11-23(12-8-21)26-15-14-25(29(32)30(26)33)22-9-5-20(2)6-10-22/h3,7-8,11-16,18,20,22H,1,4-6,9-10,17,19H2,2H3. The molecule has 1 fully saturated rings. The van der Waals surface area contributed by atoms with Gasteiger partial charge >= 0.3 is 0 Å². The molecule has 4 rings (SSSR count). The van der Waals surface area contributed by atoms with Crippen LogP contribution >= 0.6 is 0 Å². The van der Waals surface area contributed by atoms with Crippen LogP contribution in [0.1, 0.15) is 56.1 Å². The first-order chi connectivity index (χ1) is 17.0. The lowest BCUT2D eigenvalue weighted by atomic mass is 9.79. The summed E-state index contributed by atoms with van der Waals surface area (Å²) in [5.74, 6) is -0.766. The molecule has 0 atom stereocenters. The molecule has 0 spiro atoms. The average molecular weight is 481 g/mol. The van der Waals surface area contributed by atoms with E-state index in [1.165, 1.54) is 12.1 Å². The molecule has 3 aromatic rings. The zero-order valence-electron chi connectivity index (χ0n) is 20.0. The van der Waals surface area contributed by atoms with Crippen LogP contribution in [0.5, 0.6) is 11.5 Å². The van der Waals surface area contributed by atoms with Crippen LogP contribution in [0.25, 0.3) is 11.1 Å². The minimum atomic E-state index is -0.803. The second kappa shape index (κ2) is 11.5. The van der Waals surface area contributed by atoms with E-state index in [4.69, 9.17) is 9.47 Å². The third kappa shape index (κ3) is 6.08. The van der Waals surface area contributed by atoms with Crippen molar-refractivity contribution >= 4 is 0 Å². The van der Waals surface area contributed by atoms with Crippen molar-refractivity contribution in [3.05, 3.63) is 95.8 Å². The van der Waals surface area contributed by atoms with Gasteiger partial charge in [-0.1, -0.05) is 62.2 Å². The molecule has 0 radical (unpaired) electrons. The number of hydrogen-bond acceptors (Lipinski definition) is 2. The van der Waals surface area contributed by atoms with Crippen LogP contribution in [0.2, 0.25) is 0 Å². The monoisotopic (exact) mass is 480 g/mol. The van der Waals surface area contributed by atoms with Gasteiger partial charge in [-0.25, -0.2) is 13.2 Å². The Bertz CT molecular complexity index is 1150. The topological polar surface area (TPSA) is 18.5 Å². The van der Waals surface area contributed by atoms with Crippen molar-refractivity contribution in [2.24, 2.45) is 5.92 Å². The van der Waals surface area contributed by atoms with Crippen molar-refractivity contribution in [3.8, 4) is 22.6 Å². The van der Waals surface area contributed by atoms with E-state index in [-0.39, 0.29) is 23.8 Å². The van der Waals surface area contributed by atoms with E-state index < -0.39 is 17.5 Å². The van der Waals surface area contributed by atoms with E-state index in [1.807, 2.05) is 0 Å². The highest BCUT2D eigenvalue weighted by Gasteiger charge is 2.25. The van der Waals surface area contributed by atoms with Gasteiger partial charge in [0.25, 0.3) is 0 Å². The molecule has 0 aromatic heterocycles. The predicted molar refractivity (Wildman–Crippen MR) is 133 cm³/mol. The van der Waals surface area contributed by atoms with Crippen molar-refractivity contribution in [2.45, 2.75) is 51.6 Å². The molecule has 184 valence electrons. The third-order valence-corrected chi connectivity index (χ3v) is 6.72. The highest BCUT2D eigenvalue weighted by molar-refractivity contribution is 5.65. The maximum atomic E-state index is 15.0. The molecule has 0 N–H and O–H groups in total. The lowest BCUT2D eigenvalue weighted by Crippen LogP contribution is -2.13. The SMILES string of the molecule is C=CCCOc1ccc(OCc2ccc(-c3ccc(C4CCC(C)CC4)c(F)c3F)cc2)c(F)c1. The molecule has 0 unspecified atom stereocenters. The number of halogens is 3. The quantitative estimate of drug-likeness (QED) is 0.225. The minimum absolute atomic E-state index is 0.0856. The van der Waals surface area contributed by atoms with Crippen LogP contribution in [0, 0.1) is 23.4 Å². The third-order valence-electron chi connectivity index (χ3n) is 6.72. The van der Waals surface area contributed by atoms with Gasteiger partial charge in [0.1, 0.15) is 12.4 Å². The first kappa shape index (κ1) is 24.9. The molecular weight excluding hydrogens is 449 g/mol. The first-order valence-electron chi connectivity index (χ1n) is 12.2. The first-order valence-corrected chi connectivity index (χ1v) is 12.2. The van der Waals surface area contributed by atoms with Gasteiger partial charge in [-0.15, -0.1) is 6.58 Å². The fraction of sp³-hybridized carbons (Fsp3) is 0.333. The summed E-state index contributed by atoms with van der Waals surface area (Å²) in [6.07, 6.45) is 6.31. The van der Waals surface area contributed by atoms with E-state index >= 15 is 0 Å². The maximum Gasteiger partial charge on any atom is 0.168 e.